The van der Waals surface area contributed by atoms with Crippen LogP contribution in [-0.2, 0) is 10.0 Å². The summed E-state index contributed by atoms with van der Waals surface area (Å²) in [6, 6.07) is 9.56. The fourth-order valence-electron chi connectivity index (χ4n) is 2.25. The zero-order valence-corrected chi connectivity index (χ0v) is 15.8. The van der Waals surface area contributed by atoms with Crippen LogP contribution in [0.15, 0.2) is 47.4 Å². The minimum atomic E-state index is -3.80. The first kappa shape index (κ1) is 19.9. The van der Waals surface area contributed by atoms with Gasteiger partial charge in [-0.25, -0.2) is 17.5 Å². The van der Waals surface area contributed by atoms with Gasteiger partial charge in [0.1, 0.15) is 11.6 Å². The number of hydrogen-bond donors (Lipinski definition) is 2. The number of carbonyl (C=O) groups excluding carboxylic acids is 1. The van der Waals surface area contributed by atoms with Gasteiger partial charge in [0.05, 0.1) is 23.3 Å². The molecule has 0 aromatic heterocycles. The number of amides is 1. The van der Waals surface area contributed by atoms with Crippen LogP contribution in [0.1, 0.15) is 31.1 Å². The minimum Gasteiger partial charge on any atom is -0.495 e. The van der Waals surface area contributed by atoms with Gasteiger partial charge < -0.3 is 10.1 Å². The highest BCUT2D eigenvalue weighted by molar-refractivity contribution is 7.89. The number of anilines is 1. The third-order valence-electron chi connectivity index (χ3n) is 3.29. The zero-order chi connectivity index (χ0) is 19.5. The number of ether oxygens (including phenoxy) is 1. The average molecular weight is 380 g/mol. The van der Waals surface area contributed by atoms with E-state index in [0.717, 1.165) is 0 Å². The molecule has 2 N–H and O–H groups in total. The van der Waals surface area contributed by atoms with Crippen LogP contribution >= 0.6 is 0 Å². The molecule has 26 heavy (non-hydrogen) atoms. The molecule has 0 aliphatic heterocycles. The molecule has 0 radical (unpaired) electrons. The van der Waals surface area contributed by atoms with Crippen LogP contribution in [0.5, 0.6) is 5.75 Å². The predicted molar refractivity (Wildman–Crippen MR) is 97.4 cm³/mol. The molecule has 0 spiro atoms. The Balaban J connectivity index is 2.39. The van der Waals surface area contributed by atoms with Crippen molar-refractivity contribution in [2.24, 2.45) is 0 Å². The number of carbonyl (C=O) groups is 1. The van der Waals surface area contributed by atoms with Crippen molar-refractivity contribution in [3.05, 3.63) is 53.8 Å². The molecule has 8 heteroatoms. The van der Waals surface area contributed by atoms with Crippen molar-refractivity contribution in [3.63, 3.8) is 0 Å². The van der Waals surface area contributed by atoms with Gasteiger partial charge in [-0.05, 0) is 51.1 Å². The highest BCUT2D eigenvalue weighted by Crippen LogP contribution is 2.28. The van der Waals surface area contributed by atoms with Crippen LogP contribution in [0.4, 0.5) is 10.1 Å². The number of halogens is 1. The maximum Gasteiger partial charge on any atom is 0.258 e. The Morgan fingerprint density at radius 3 is 2.35 bits per heavy atom. The van der Waals surface area contributed by atoms with Crippen molar-refractivity contribution in [2.45, 2.75) is 31.2 Å². The summed E-state index contributed by atoms with van der Waals surface area (Å²) in [6.07, 6.45) is 0. The molecule has 0 bridgehead atoms. The maximum atomic E-state index is 13.8. The summed E-state index contributed by atoms with van der Waals surface area (Å²) in [7, 11) is -2.42. The van der Waals surface area contributed by atoms with E-state index in [4.69, 9.17) is 4.74 Å². The largest absolute Gasteiger partial charge is 0.495 e. The molecule has 2 aromatic carbocycles. The Labute approximate surface area is 152 Å². The van der Waals surface area contributed by atoms with E-state index < -0.39 is 27.3 Å². The third-order valence-corrected chi connectivity index (χ3v) is 5.04. The fourth-order valence-corrected chi connectivity index (χ4v) is 3.69. The molecule has 0 unspecified atom stereocenters. The molecule has 0 saturated heterocycles. The molecule has 0 aliphatic rings. The Morgan fingerprint density at radius 2 is 1.77 bits per heavy atom. The number of nitrogens with one attached hydrogen (secondary N) is 2. The smallest absolute Gasteiger partial charge is 0.258 e. The van der Waals surface area contributed by atoms with Crippen molar-refractivity contribution >= 4 is 21.6 Å². The van der Waals surface area contributed by atoms with Gasteiger partial charge in [0.15, 0.2) is 0 Å². The summed E-state index contributed by atoms with van der Waals surface area (Å²) in [4.78, 5) is 12.3. The molecule has 6 nitrogen and oxygen atoms in total. The minimum absolute atomic E-state index is 0.0444. The number of benzene rings is 2. The van der Waals surface area contributed by atoms with Gasteiger partial charge in [-0.1, -0.05) is 12.1 Å². The van der Waals surface area contributed by atoms with Crippen LogP contribution in [0.3, 0.4) is 0 Å². The van der Waals surface area contributed by atoms with E-state index in [1.165, 1.54) is 49.6 Å². The first-order valence-corrected chi connectivity index (χ1v) is 9.30. The summed E-state index contributed by atoms with van der Waals surface area (Å²) >= 11 is 0. The molecule has 0 aliphatic carbocycles. The predicted octanol–water partition coefficient (Wildman–Crippen LogP) is 3.16. The van der Waals surface area contributed by atoms with Gasteiger partial charge in [0.25, 0.3) is 5.91 Å². The lowest BCUT2D eigenvalue weighted by Crippen LogP contribution is -2.40. The Kier molecular flexibility index (Phi) is 5.68. The molecule has 2 rings (SSSR count). The average Bonchev–Trinajstić information content (AvgIpc) is 2.53. The summed E-state index contributed by atoms with van der Waals surface area (Å²) < 4.78 is 46.4. The molecule has 0 atom stereocenters. The lowest BCUT2D eigenvalue weighted by atomic mass is 10.1. The van der Waals surface area contributed by atoms with Crippen LogP contribution in [-0.4, -0.2) is 27.0 Å². The molecule has 0 heterocycles. The van der Waals surface area contributed by atoms with Gasteiger partial charge in [-0.3, -0.25) is 4.79 Å². The topological polar surface area (TPSA) is 84.5 Å². The second-order valence-electron chi connectivity index (χ2n) is 6.65. The Morgan fingerprint density at radius 1 is 1.12 bits per heavy atom. The van der Waals surface area contributed by atoms with E-state index in [9.17, 15) is 17.6 Å². The number of methoxy groups -OCH3 is 1. The van der Waals surface area contributed by atoms with Crippen LogP contribution in [0.2, 0.25) is 0 Å². The maximum absolute atomic E-state index is 13.8. The molecular weight excluding hydrogens is 359 g/mol. The summed E-state index contributed by atoms with van der Waals surface area (Å²) in [5, 5.41) is 2.50. The lowest BCUT2D eigenvalue weighted by Gasteiger charge is -2.21. The fraction of sp³-hybridized carbons (Fsp3) is 0.278. The van der Waals surface area contributed by atoms with Crippen LogP contribution in [0, 0.1) is 5.82 Å². The van der Waals surface area contributed by atoms with Crippen molar-refractivity contribution < 1.29 is 22.3 Å². The van der Waals surface area contributed by atoms with E-state index in [-0.39, 0.29) is 21.9 Å². The highest BCUT2D eigenvalue weighted by atomic mass is 32.2. The number of rotatable bonds is 5. The normalized spacial score (nSPS) is 11.9. The van der Waals surface area contributed by atoms with Gasteiger partial charge in [0, 0.05) is 5.54 Å². The Bertz CT molecular complexity index is 921. The molecular formula is C18H21FN2O4S. The summed E-state index contributed by atoms with van der Waals surface area (Å²) in [5.74, 6) is -1.13. The van der Waals surface area contributed by atoms with E-state index in [2.05, 4.69) is 10.0 Å². The second kappa shape index (κ2) is 7.43. The van der Waals surface area contributed by atoms with Gasteiger partial charge in [0.2, 0.25) is 10.0 Å². The van der Waals surface area contributed by atoms with Crippen LogP contribution < -0.4 is 14.8 Å². The van der Waals surface area contributed by atoms with Crippen molar-refractivity contribution in [1.82, 2.24) is 4.72 Å². The number of sulfonamides is 1. The Hall–Kier alpha value is -2.45. The summed E-state index contributed by atoms with van der Waals surface area (Å²) in [6.45, 7) is 5.15. The van der Waals surface area contributed by atoms with E-state index in [1.807, 2.05) is 0 Å². The summed E-state index contributed by atoms with van der Waals surface area (Å²) in [5.41, 5.74) is -0.705. The first-order chi connectivity index (χ1) is 12.0. The van der Waals surface area contributed by atoms with Crippen molar-refractivity contribution in [1.29, 1.82) is 0 Å². The van der Waals surface area contributed by atoms with Crippen molar-refractivity contribution in [2.75, 3.05) is 12.4 Å². The molecule has 1 amide bonds. The second-order valence-corrected chi connectivity index (χ2v) is 8.33. The first-order valence-electron chi connectivity index (χ1n) is 7.81. The van der Waals surface area contributed by atoms with Gasteiger partial charge in [-0.15, -0.1) is 0 Å². The van der Waals surface area contributed by atoms with E-state index >= 15 is 0 Å². The quantitative estimate of drug-likeness (QED) is 0.834. The van der Waals surface area contributed by atoms with Gasteiger partial charge in [-0.2, -0.15) is 0 Å². The molecule has 0 fully saturated rings. The van der Waals surface area contributed by atoms with E-state index in [0.29, 0.717) is 0 Å². The van der Waals surface area contributed by atoms with E-state index in [1.54, 1.807) is 20.8 Å². The monoisotopic (exact) mass is 380 g/mol. The van der Waals surface area contributed by atoms with Crippen LogP contribution in [0.25, 0.3) is 0 Å². The number of hydrogen-bond acceptors (Lipinski definition) is 4. The molecule has 140 valence electrons. The third kappa shape index (κ3) is 4.80. The zero-order valence-electron chi connectivity index (χ0n) is 15.0. The standard InChI is InChI=1S/C18H21FN2O4S/c1-18(2,3)21-26(23,24)12-9-10-16(25-4)15(11-12)20-17(22)13-7-5-6-8-14(13)19/h5-11,21H,1-4H3,(H,20,22). The van der Waals surface area contributed by atoms with Crippen molar-refractivity contribution in [3.8, 4) is 5.75 Å². The highest BCUT2D eigenvalue weighted by Gasteiger charge is 2.23. The molecule has 0 saturated carbocycles. The SMILES string of the molecule is COc1ccc(S(=O)(=O)NC(C)(C)C)cc1NC(=O)c1ccccc1F. The lowest BCUT2D eigenvalue weighted by molar-refractivity contribution is 0.102. The molecule has 2 aromatic rings. The van der Waals surface area contributed by atoms with Gasteiger partial charge >= 0.3 is 0 Å².